The molecule has 1 N–H and O–H groups in total. The van der Waals surface area contributed by atoms with E-state index in [0.717, 1.165) is 22.1 Å². The number of benzene rings is 1. The van der Waals surface area contributed by atoms with Crippen LogP contribution in [0.15, 0.2) is 40.2 Å². The highest BCUT2D eigenvalue weighted by atomic mass is 32.1. The molecule has 0 aliphatic heterocycles. The van der Waals surface area contributed by atoms with Gasteiger partial charge >= 0.3 is 5.69 Å². The summed E-state index contributed by atoms with van der Waals surface area (Å²) in [5.41, 5.74) is 1.83. The molecule has 0 amide bonds. The minimum Gasteiger partial charge on any atom is -0.496 e. The number of carbonyl (C=O) groups is 1. The van der Waals surface area contributed by atoms with Crippen molar-refractivity contribution in [2.24, 2.45) is 0 Å². The van der Waals surface area contributed by atoms with Crippen molar-refractivity contribution in [3.8, 4) is 10.8 Å². The van der Waals surface area contributed by atoms with Gasteiger partial charge in [-0.2, -0.15) is 14.9 Å². The Morgan fingerprint density at radius 3 is 2.61 bits per heavy atom. The molecular weight excluding hydrogens is 427 g/mol. The molecule has 10 nitrogen and oxygen atoms in total. The van der Waals surface area contributed by atoms with E-state index in [1.165, 1.54) is 48.0 Å². The monoisotopic (exact) mass is 444 g/mol. The second-order valence-electron chi connectivity index (χ2n) is 6.53. The van der Waals surface area contributed by atoms with Crippen LogP contribution in [0.2, 0.25) is 0 Å². The fourth-order valence-corrected chi connectivity index (χ4v) is 4.52. The van der Waals surface area contributed by atoms with Gasteiger partial charge in [0.15, 0.2) is 5.78 Å². The first-order valence-corrected chi connectivity index (χ1v) is 9.89. The van der Waals surface area contributed by atoms with Crippen LogP contribution >= 0.6 is 11.3 Å². The predicted molar refractivity (Wildman–Crippen MR) is 113 cm³/mol. The van der Waals surface area contributed by atoms with Crippen LogP contribution in [0.3, 0.4) is 0 Å². The molecule has 12 heteroatoms. The summed E-state index contributed by atoms with van der Waals surface area (Å²) in [6.45, 7) is 1.29. The Labute approximate surface area is 178 Å². The van der Waals surface area contributed by atoms with Crippen molar-refractivity contribution in [1.29, 1.82) is 0 Å². The molecule has 0 radical (unpaired) electrons. The Morgan fingerprint density at radius 2 is 1.97 bits per heavy atom. The van der Waals surface area contributed by atoms with Crippen LogP contribution in [0.25, 0.3) is 15.2 Å². The number of ketones is 1. The number of thiophene rings is 1. The molecule has 3 aromatic heterocycles. The van der Waals surface area contributed by atoms with Crippen molar-refractivity contribution in [1.82, 2.24) is 24.2 Å². The fraction of sp³-hybridized carbons (Fsp3) is 0.211. The predicted octanol–water partition coefficient (Wildman–Crippen LogP) is 1.32. The average Bonchev–Trinajstić information content (AvgIpc) is 3.39. The first kappa shape index (κ1) is 20.5. The maximum atomic E-state index is 13.8. The summed E-state index contributed by atoms with van der Waals surface area (Å²) in [4.78, 5) is 40.6. The highest BCUT2D eigenvalue weighted by Crippen LogP contribution is 2.30. The summed E-state index contributed by atoms with van der Waals surface area (Å²) < 4.78 is 20.9. The van der Waals surface area contributed by atoms with Crippen molar-refractivity contribution < 1.29 is 13.9 Å². The third-order valence-corrected chi connectivity index (χ3v) is 6.06. The Kier molecular flexibility index (Phi) is 5.15. The third-order valence-electron chi connectivity index (χ3n) is 4.77. The Bertz CT molecular complexity index is 1420. The number of hydrogen-bond acceptors (Lipinski definition) is 8. The van der Waals surface area contributed by atoms with E-state index < -0.39 is 29.4 Å². The summed E-state index contributed by atoms with van der Waals surface area (Å²) in [6, 6.07) is 3.57. The number of halogens is 1. The highest BCUT2D eigenvalue weighted by Gasteiger charge is 2.23. The number of aromatic nitrogens is 5. The fourth-order valence-electron chi connectivity index (χ4n) is 3.31. The van der Waals surface area contributed by atoms with Gasteiger partial charge in [-0.05, 0) is 25.1 Å². The van der Waals surface area contributed by atoms with E-state index in [1.807, 2.05) is 0 Å². The van der Waals surface area contributed by atoms with Gasteiger partial charge in [-0.3, -0.25) is 14.2 Å². The van der Waals surface area contributed by atoms with Gasteiger partial charge in [0, 0.05) is 12.6 Å². The Balaban J connectivity index is 1.95. The number of rotatable bonds is 6. The largest absolute Gasteiger partial charge is 0.496 e. The quantitative estimate of drug-likeness (QED) is 0.446. The number of nitrogens with one attached hydrogen (secondary N) is 1. The molecular formula is C19H17FN6O4S. The molecule has 0 aliphatic rings. The first-order chi connectivity index (χ1) is 14.9. The smallest absolute Gasteiger partial charge is 0.351 e. The molecule has 160 valence electrons. The van der Waals surface area contributed by atoms with Gasteiger partial charge in [-0.15, -0.1) is 4.80 Å². The van der Waals surface area contributed by atoms with Gasteiger partial charge in [0.1, 0.15) is 21.4 Å². The molecule has 1 aromatic carbocycles. The van der Waals surface area contributed by atoms with E-state index in [0.29, 0.717) is 10.6 Å². The van der Waals surface area contributed by atoms with Crippen molar-refractivity contribution in [2.45, 2.75) is 13.5 Å². The number of nitrogens with zero attached hydrogens (tertiary/aromatic N) is 5. The van der Waals surface area contributed by atoms with E-state index >= 15 is 0 Å². The van der Waals surface area contributed by atoms with E-state index in [-0.39, 0.29) is 21.5 Å². The Morgan fingerprint density at radius 1 is 1.26 bits per heavy atom. The SMILES string of the molecule is CNn1c(=O)c2c(C)c(-n3nccn3)sc2n(CC(=O)c2cc(F)ccc2OC)c1=O. The molecule has 0 spiro atoms. The minimum atomic E-state index is -0.732. The van der Waals surface area contributed by atoms with Gasteiger partial charge in [0.2, 0.25) is 0 Å². The van der Waals surface area contributed by atoms with E-state index in [1.54, 1.807) is 6.92 Å². The average molecular weight is 444 g/mol. The number of Topliss-reactive ketones (excluding diaryl/α,β-unsaturated/α-hetero) is 1. The molecule has 4 aromatic rings. The van der Waals surface area contributed by atoms with Crippen LogP contribution in [0, 0.1) is 12.7 Å². The number of methoxy groups -OCH3 is 1. The first-order valence-electron chi connectivity index (χ1n) is 9.07. The molecule has 0 saturated heterocycles. The van der Waals surface area contributed by atoms with Crippen molar-refractivity contribution in [2.75, 3.05) is 19.6 Å². The molecule has 0 bridgehead atoms. The van der Waals surface area contributed by atoms with Gasteiger partial charge < -0.3 is 10.2 Å². The third kappa shape index (κ3) is 3.30. The molecule has 31 heavy (non-hydrogen) atoms. The summed E-state index contributed by atoms with van der Waals surface area (Å²) in [5, 5.41) is 8.97. The standard InChI is InChI=1S/C19H17FN6O4S/c1-10-15-16(28)25(21-2)19(29)24(18(15)31-17(10)26-22-6-7-23-26)9-13(27)12-8-11(20)4-5-14(12)30-3/h4-8,21H,9H2,1-3H3. The van der Waals surface area contributed by atoms with Crippen molar-refractivity contribution in [3.05, 3.63) is 68.4 Å². The molecule has 0 saturated carbocycles. The number of hydrogen-bond donors (Lipinski definition) is 1. The van der Waals surface area contributed by atoms with Gasteiger partial charge in [-0.25, -0.2) is 9.18 Å². The van der Waals surface area contributed by atoms with Gasteiger partial charge in [0.05, 0.1) is 37.0 Å². The van der Waals surface area contributed by atoms with Crippen molar-refractivity contribution in [3.63, 3.8) is 0 Å². The van der Waals surface area contributed by atoms with E-state index in [9.17, 15) is 18.8 Å². The topological polar surface area (TPSA) is 113 Å². The number of ether oxygens (including phenoxy) is 1. The van der Waals surface area contributed by atoms with Crippen LogP contribution < -0.4 is 21.4 Å². The lowest BCUT2D eigenvalue weighted by atomic mass is 10.1. The normalized spacial score (nSPS) is 11.1. The zero-order valence-corrected chi connectivity index (χ0v) is 17.6. The highest BCUT2D eigenvalue weighted by molar-refractivity contribution is 7.21. The van der Waals surface area contributed by atoms with Gasteiger partial charge in [0.25, 0.3) is 5.56 Å². The van der Waals surface area contributed by atoms with Crippen LogP contribution in [-0.2, 0) is 6.54 Å². The second-order valence-corrected chi connectivity index (χ2v) is 7.51. The molecule has 0 atom stereocenters. The Hall–Kier alpha value is -3.80. The zero-order valence-electron chi connectivity index (χ0n) is 16.7. The van der Waals surface area contributed by atoms with Crippen LogP contribution in [-0.4, -0.2) is 44.2 Å². The summed E-state index contributed by atoms with van der Waals surface area (Å²) >= 11 is 1.11. The minimum absolute atomic E-state index is 0.00741. The molecule has 0 aliphatic carbocycles. The summed E-state index contributed by atoms with van der Waals surface area (Å²) in [7, 11) is 2.79. The lowest BCUT2D eigenvalue weighted by Gasteiger charge is -2.12. The molecule has 0 unspecified atom stereocenters. The lowest BCUT2D eigenvalue weighted by Crippen LogP contribution is -2.44. The lowest BCUT2D eigenvalue weighted by molar-refractivity contribution is 0.0968. The molecule has 0 fully saturated rings. The van der Waals surface area contributed by atoms with Crippen molar-refractivity contribution >= 4 is 27.3 Å². The number of carbonyl (C=O) groups excluding carboxylic acids is 1. The number of fused-ring (bicyclic) bond motifs is 1. The maximum Gasteiger partial charge on any atom is 0.351 e. The van der Waals surface area contributed by atoms with E-state index in [2.05, 4.69) is 15.6 Å². The van der Waals surface area contributed by atoms with Crippen LogP contribution in [0.5, 0.6) is 5.75 Å². The molecule has 4 rings (SSSR count). The van der Waals surface area contributed by atoms with Gasteiger partial charge in [-0.1, -0.05) is 11.3 Å². The van der Waals surface area contributed by atoms with Crippen LogP contribution in [0.1, 0.15) is 15.9 Å². The second kappa shape index (κ2) is 7.80. The van der Waals surface area contributed by atoms with E-state index in [4.69, 9.17) is 4.74 Å². The summed E-state index contributed by atoms with van der Waals surface area (Å²) in [5.74, 6) is -0.979. The van der Waals surface area contributed by atoms with Crippen LogP contribution in [0.4, 0.5) is 4.39 Å². The maximum absolute atomic E-state index is 13.8. The summed E-state index contributed by atoms with van der Waals surface area (Å²) in [6.07, 6.45) is 2.98. The number of aryl methyl sites for hydroxylation is 1. The molecule has 3 heterocycles. The zero-order chi connectivity index (χ0) is 22.3.